The summed E-state index contributed by atoms with van der Waals surface area (Å²) in [6, 6.07) is 31.5. The van der Waals surface area contributed by atoms with Crippen molar-refractivity contribution < 1.29 is 19.1 Å². The number of amides is 1. The van der Waals surface area contributed by atoms with Crippen LogP contribution in [0.3, 0.4) is 0 Å². The molecule has 1 amide bonds. The quantitative estimate of drug-likeness (QED) is 0.225. The molecule has 2 aromatic heterocycles. The standard InChI is InChI=1S/C33H29N3O4/c1-22(23-8-4-3-5-9-23)40-32(38)34-30-28-10-6-7-21-36(28)35-29(30)26-13-11-24(12-14-26)25-15-17-27(18-16-25)33(19-20-33)31(37)39-2/h3-18,21-22H,19-20H2,1-2H3,(H,34,38). The first-order valence-electron chi connectivity index (χ1n) is 13.3. The van der Waals surface area contributed by atoms with Crippen molar-refractivity contribution in [3.63, 3.8) is 0 Å². The van der Waals surface area contributed by atoms with Crippen molar-refractivity contribution in [2.75, 3.05) is 12.4 Å². The van der Waals surface area contributed by atoms with Gasteiger partial charge in [0.05, 0.1) is 23.7 Å². The summed E-state index contributed by atoms with van der Waals surface area (Å²) in [5, 5.41) is 7.69. The molecule has 7 nitrogen and oxygen atoms in total. The number of nitrogens with one attached hydrogen (secondary N) is 1. The Balaban J connectivity index is 1.25. The fraction of sp³-hybridized carbons (Fsp3) is 0.182. The predicted octanol–water partition coefficient (Wildman–Crippen LogP) is 7.18. The van der Waals surface area contributed by atoms with Gasteiger partial charge in [0, 0.05) is 11.8 Å². The summed E-state index contributed by atoms with van der Waals surface area (Å²) >= 11 is 0. The lowest BCUT2D eigenvalue weighted by atomic mass is 9.93. The third kappa shape index (κ3) is 4.71. The highest BCUT2D eigenvalue weighted by Crippen LogP contribution is 2.49. The largest absolute Gasteiger partial charge is 0.468 e. The number of benzene rings is 3. The summed E-state index contributed by atoms with van der Waals surface area (Å²) in [4.78, 5) is 25.2. The number of methoxy groups -OCH3 is 1. The third-order valence-electron chi connectivity index (χ3n) is 7.58. The minimum absolute atomic E-state index is 0.167. The van der Waals surface area contributed by atoms with Gasteiger partial charge in [-0.1, -0.05) is 84.9 Å². The molecular weight excluding hydrogens is 502 g/mol. The summed E-state index contributed by atoms with van der Waals surface area (Å²) in [6.45, 7) is 1.84. The van der Waals surface area contributed by atoms with E-state index in [0.717, 1.165) is 46.2 Å². The van der Waals surface area contributed by atoms with E-state index in [0.29, 0.717) is 11.4 Å². The zero-order chi connectivity index (χ0) is 27.7. The van der Waals surface area contributed by atoms with Gasteiger partial charge in [-0.3, -0.25) is 10.1 Å². The average Bonchev–Trinajstić information content (AvgIpc) is 3.74. The monoisotopic (exact) mass is 531 g/mol. The summed E-state index contributed by atoms with van der Waals surface area (Å²) in [5.74, 6) is -0.167. The van der Waals surface area contributed by atoms with Gasteiger partial charge in [0.2, 0.25) is 0 Å². The van der Waals surface area contributed by atoms with Crippen LogP contribution in [0.15, 0.2) is 103 Å². The van der Waals surface area contributed by atoms with Crippen molar-refractivity contribution in [2.24, 2.45) is 0 Å². The number of fused-ring (bicyclic) bond motifs is 1. The van der Waals surface area contributed by atoms with Crippen LogP contribution in [0.2, 0.25) is 0 Å². The molecule has 0 saturated heterocycles. The molecule has 0 radical (unpaired) electrons. The Kier molecular flexibility index (Phi) is 6.56. The van der Waals surface area contributed by atoms with E-state index in [9.17, 15) is 9.59 Å². The van der Waals surface area contributed by atoms with Crippen LogP contribution in [-0.2, 0) is 19.7 Å². The van der Waals surface area contributed by atoms with E-state index in [2.05, 4.69) is 5.32 Å². The first kappa shape index (κ1) is 25.4. The minimum atomic E-state index is -0.548. The van der Waals surface area contributed by atoms with E-state index in [1.54, 1.807) is 4.52 Å². The lowest BCUT2D eigenvalue weighted by Crippen LogP contribution is -2.21. The topological polar surface area (TPSA) is 81.9 Å². The fourth-order valence-electron chi connectivity index (χ4n) is 5.14. The van der Waals surface area contributed by atoms with E-state index in [1.807, 2.05) is 110 Å². The molecule has 1 aliphatic rings. The highest BCUT2D eigenvalue weighted by molar-refractivity contribution is 5.98. The Bertz CT molecular complexity index is 1670. The summed E-state index contributed by atoms with van der Waals surface area (Å²) in [6.07, 6.45) is 2.54. The number of anilines is 1. The Morgan fingerprint density at radius 1 is 0.850 bits per heavy atom. The van der Waals surface area contributed by atoms with Crippen LogP contribution >= 0.6 is 0 Å². The van der Waals surface area contributed by atoms with Crippen molar-refractivity contribution in [2.45, 2.75) is 31.3 Å². The van der Waals surface area contributed by atoms with Crippen LogP contribution in [0.1, 0.15) is 37.0 Å². The van der Waals surface area contributed by atoms with Crippen molar-refractivity contribution in [1.82, 2.24) is 9.61 Å². The van der Waals surface area contributed by atoms with E-state index in [4.69, 9.17) is 14.6 Å². The van der Waals surface area contributed by atoms with Crippen LogP contribution < -0.4 is 5.32 Å². The number of pyridine rings is 1. The van der Waals surface area contributed by atoms with Crippen molar-refractivity contribution in [3.05, 3.63) is 114 Å². The molecule has 0 spiro atoms. The van der Waals surface area contributed by atoms with Gasteiger partial charge in [-0.15, -0.1) is 0 Å². The number of carbonyl (C=O) groups excluding carboxylic acids is 2. The molecule has 2 heterocycles. The van der Waals surface area contributed by atoms with Crippen LogP contribution in [-0.4, -0.2) is 28.8 Å². The Morgan fingerprint density at radius 3 is 2.12 bits per heavy atom. The summed E-state index contributed by atoms with van der Waals surface area (Å²) in [5.41, 5.74) is 6.36. The average molecular weight is 532 g/mol. The van der Waals surface area contributed by atoms with Gasteiger partial charge in [-0.25, -0.2) is 9.31 Å². The van der Waals surface area contributed by atoms with E-state index in [1.165, 1.54) is 7.11 Å². The van der Waals surface area contributed by atoms with Gasteiger partial charge < -0.3 is 9.47 Å². The molecule has 3 aromatic carbocycles. The number of rotatable bonds is 7. The zero-order valence-electron chi connectivity index (χ0n) is 22.3. The van der Waals surface area contributed by atoms with Crippen LogP contribution in [0.5, 0.6) is 0 Å². The molecule has 0 aliphatic heterocycles. The second-order valence-electron chi connectivity index (χ2n) is 10.1. The number of esters is 1. The van der Waals surface area contributed by atoms with E-state index >= 15 is 0 Å². The molecule has 1 fully saturated rings. The van der Waals surface area contributed by atoms with E-state index < -0.39 is 17.6 Å². The molecule has 1 atom stereocenters. The fourth-order valence-corrected chi connectivity index (χ4v) is 5.14. The molecule has 40 heavy (non-hydrogen) atoms. The lowest BCUT2D eigenvalue weighted by molar-refractivity contribution is -0.143. The number of aromatic nitrogens is 2. The maximum atomic E-state index is 12.9. The number of carbonyl (C=O) groups is 2. The smallest absolute Gasteiger partial charge is 0.412 e. The molecule has 6 rings (SSSR count). The zero-order valence-corrected chi connectivity index (χ0v) is 22.3. The maximum Gasteiger partial charge on any atom is 0.412 e. The number of hydrogen-bond acceptors (Lipinski definition) is 5. The number of ether oxygens (including phenoxy) is 2. The van der Waals surface area contributed by atoms with Gasteiger partial charge in [-0.2, -0.15) is 5.10 Å². The third-order valence-corrected chi connectivity index (χ3v) is 7.58. The maximum absolute atomic E-state index is 12.9. The van der Waals surface area contributed by atoms with E-state index in [-0.39, 0.29) is 5.97 Å². The Morgan fingerprint density at radius 2 is 1.48 bits per heavy atom. The second kappa shape index (κ2) is 10.3. The molecule has 1 unspecified atom stereocenters. The SMILES string of the molecule is COC(=O)C1(c2ccc(-c3ccc(-c4nn5ccccc5c4NC(=O)OC(C)c4ccccc4)cc3)cc2)CC1. The highest BCUT2D eigenvalue weighted by Gasteiger charge is 2.52. The summed E-state index contributed by atoms with van der Waals surface area (Å²) < 4.78 is 12.4. The molecule has 1 saturated carbocycles. The molecule has 0 bridgehead atoms. The Hall–Kier alpha value is -4.91. The number of nitrogens with zero attached hydrogens (tertiary/aromatic N) is 2. The van der Waals surface area contributed by atoms with Crippen molar-refractivity contribution >= 4 is 23.3 Å². The van der Waals surface area contributed by atoms with Gasteiger partial charge in [0.15, 0.2) is 0 Å². The van der Waals surface area contributed by atoms with Gasteiger partial charge in [-0.05, 0) is 54.2 Å². The van der Waals surface area contributed by atoms with Crippen LogP contribution in [0, 0.1) is 0 Å². The van der Waals surface area contributed by atoms with Gasteiger partial charge >= 0.3 is 12.1 Å². The van der Waals surface area contributed by atoms with Gasteiger partial charge in [0.1, 0.15) is 11.8 Å². The molecule has 5 aromatic rings. The first-order chi connectivity index (χ1) is 19.5. The molecule has 1 N–H and O–H groups in total. The van der Waals surface area contributed by atoms with Crippen molar-refractivity contribution in [3.8, 4) is 22.4 Å². The first-order valence-corrected chi connectivity index (χ1v) is 13.3. The van der Waals surface area contributed by atoms with Gasteiger partial charge in [0.25, 0.3) is 0 Å². The second-order valence-corrected chi connectivity index (χ2v) is 10.1. The van der Waals surface area contributed by atoms with Crippen LogP contribution in [0.25, 0.3) is 27.9 Å². The molecule has 200 valence electrons. The predicted molar refractivity (Wildman–Crippen MR) is 154 cm³/mol. The molecule has 7 heteroatoms. The highest BCUT2D eigenvalue weighted by atomic mass is 16.6. The Labute approximate surface area is 232 Å². The molecule has 1 aliphatic carbocycles. The lowest BCUT2D eigenvalue weighted by Gasteiger charge is -2.14. The normalized spacial score (nSPS) is 14.3. The van der Waals surface area contributed by atoms with Crippen LogP contribution in [0.4, 0.5) is 10.5 Å². The summed E-state index contributed by atoms with van der Waals surface area (Å²) in [7, 11) is 1.44. The van der Waals surface area contributed by atoms with Crippen molar-refractivity contribution in [1.29, 1.82) is 0 Å². The number of hydrogen-bond donors (Lipinski definition) is 1. The minimum Gasteiger partial charge on any atom is -0.468 e. The molecular formula is C33H29N3O4.